The molecule has 0 saturated carbocycles. The summed E-state index contributed by atoms with van der Waals surface area (Å²) in [4.78, 5) is 0. The van der Waals surface area contributed by atoms with Gasteiger partial charge in [-0.15, -0.1) is 0 Å². The van der Waals surface area contributed by atoms with Crippen LogP contribution in [0, 0.1) is 0 Å². The lowest BCUT2D eigenvalue weighted by atomic mass is 10.1. The Balaban J connectivity index is 2.54. The zero-order valence-corrected chi connectivity index (χ0v) is 8.86. The third-order valence-corrected chi connectivity index (χ3v) is 2.18. The van der Waals surface area contributed by atoms with Crippen LogP contribution in [0.2, 0.25) is 0 Å². The number of aliphatic hydroxyl groups excluding tert-OH is 1. The predicted molar refractivity (Wildman–Crippen MR) is 57.6 cm³/mol. The van der Waals surface area contributed by atoms with Crippen molar-refractivity contribution in [3.63, 3.8) is 0 Å². The van der Waals surface area contributed by atoms with Gasteiger partial charge in [0.2, 0.25) is 0 Å². The van der Waals surface area contributed by atoms with Gasteiger partial charge in [-0.3, -0.25) is 0 Å². The largest absolute Gasteiger partial charge is 0.494 e. The van der Waals surface area contributed by atoms with Crippen LogP contribution in [-0.4, -0.2) is 17.8 Å². The van der Waals surface area contributed by atoms with Crippen LogP contribution in [0.3, 0.4) is 0 Å². The zero-order valence-electron chi connectivity index (χ0n) is 8.86. The summed E-state index contributed by atoms with van der Waals surface area (Å²) in [6.07, 6.45) is 1.30. The van der Waals surface area contributed by atoms with E-state index in [1.807, 2.05) is 38.1 Å². The minimum atomic E-state index is -0.229. The Bertz CT molecular complexity index is 254. The van der Waals surface area contributed by atoms with E-state index in [1.165, 1.54) is 0 Å². The minimum Gasteiger partial charge on any atom is -0.494 e. The standard InChI is InChI=1S/C12H18O2/c1-3-11(13)9-10-5-7-12(8-6-10)14-4-2/h5-8,11,13H,3-4,9H2,1-2H3/t11-/m0/s1. The molecule has 0 amide bonds. The second-order valence-corrected chi connectivity index (χ2v) is 3.34. The van der Waals surface area contributed by atoms with Gasteiger partial charge < -0.3 is 9.84 Å². The smallest absolute Gasteiger partial charge is 0.119 e. The maximum atomic E-state index is 9.45. The Morgan fingerprint density at radius 3 is 2.36 bits per heavy atom. The number of hydrogen-bond donors (Lipinski definition) is 1. The number of rotatable bonds is 5. The molecule has 2 nitrogen and oxygen atoms in total. The molecule has 2 heteroatoms. The molecular formula is C12H18O2. The van der Waals surface area contributed by atoms with Crippen LogP contribution in [-0.2, 0) is 6.42 Å². The number of benzene rings is 1. The second kappa shape index (κ2) is 5.66. The first-order valence-corrected chi connectivity index (χ1v) is 5.16. The van der Waals surface area contributed by atoms with E-state index in [1.54, 1.807) is 0 Å². The summed E-state index contributed by atoms with van der Waals surface area (Å²) in [5, 5.41) is 9.45. The molecule has 0 aliphatic carbocycles. The van der Waals surface area contributed by atoms with Gasteiger partial charge in [-0.25, -0.2) is 0 Å². The van der Waals surface area contributed by atoms with Gasteiger partial charge >= 0.3 is 0 Å². The molecular weight excluding hydrogens is 176 g/mol. The molecule has 78 valence electrons. The highest BCUT2D eigenvalue weighted by molar-refractivity contribution is 5.27. The van der Waals surface area contributed by atoms with Crippen molar-refractivity contribution >= 4 is 0 Å². The van der Waals surface area contributed by atoms with Crippen LogP contribution in [0.5, 0.6) is 5.75 Å². The number of aliphatic hydroxyl groups is 1. The van der Waals surface area contributed by atoms with Gasteiger partial charge in [0.05, 0.1) is 12.7 Å². The highest BCUT2D eigenvalue weighted by Crippen LogP contribution is 2.13. The van der Waals surface area contributed by atoms with Crippen molar-refractivity contribution in [2.75, 3.05) is 6.61 Å². The average Bonchev–Trinajstić information content (AvgIpc) is 2.21. The van der Waals surface area contributed by atoms with Crippen LogP contribution in [0.25, 0.3) is 0 Å². The molecule has 1 N–H and O–H groups in total. The predicted octanol–water partition coefficient (Wildman–Crippen LogP) is 2.40. The molecule has 1 aromatic rings. The fourth-order valence-corrected chi connectivity index (χ4v) is 1.30. The summed E-state index contributed by atoms with van der Waals surface area (Å²) >= 11 is 0. The first kappa shape index (κ1) is 11.1. The Labute approximate surface area is 85.5 Å². The molecule has 0 heterocycles. The first-order valence-electron chi connectivity index (χ1n) is 5.16. The van der Waals surface area contributed by atoms with Crippen molar-refractivity contribution in [2.24, 2.45) is 0 Å². The van der Waals surface area contributed by atoms with Crippen molar-refractivity contribution in [1.29, 1.82) is 0 Å². The summed E-state index contributed by atoms with van der Waals surface area (Å²) < 4.78 is 5.33. The summed E-state index contributed by atoms with van der Waals surface area (Å²) in [6.45, 7) is 4.64. The first-order chi connectivity index (χ1) is 6.76. The monoisotopic (exact) mass is 194 g/mol. The molecule has 0 spiro atoms. The van der Waals surface area contributed by atoms with E-state index in [-0.39, 0.29) is 6.10 Å². The Morgan fingerprint density at radius 2 is 1.86 bits per heavy atom. The third-order valence-electron chi connectivity index (χ3n) is 2.18. The zero-order chi connectivity index (χ0) is 10.4. The fourth-order valence-electron chi connectivity index (χ4n) is 1.30. The number of hydrogen-bond acceptors (Lipinski definition) is 2. The van der Waals surface area contributed by atoms with Crippen molar-refractivity contribution < 1.29 is 9.84 Å². The average molecular weight is 194 g/mol. The Hall–Kier alpha value is -1.02. The molecule has 0 bridgehead atoms. The van der Waals surface area contributed by atoms with Crippen LogP contribution in [0.4, 0.5) is 0 Å². The lowest BCUT2D eigenvalue weighted by molar-refractivity contribution is 0.171. The Morgan fingerprint density at radius 1 is 1.21 bits per heavy atom. The number of ether oxygens (including phenoxy) is 1. The molecule has 0 saturated heterocycles. The van der Waals surface area contributed by atoms with Crippen molar-refractivity contribution in [2.45, 2.75) is 32.8 Å². The second-order valence-electron chi connectivity index (χ2n) is 3.34. The highest BCUT2D eigenvalue weighted by atomic mass is 16.5. The molecule has 1 rings (SSSR count). The topological polar surface area (TPSA) is 29.5 Å². The molecule has 1 aromatic carbocycles. The van der Waals surface area contributed by atoms with E-state index < -0.39 is 0 Å². The third kappa shape index (κ3) is 3.38. The lowest BCUT2D eigenvalue weighted by Gasteiger charge is -2.08. The van der Waals surface area contributed by atoms with Gasteiger partial charge in [-0.2, -0.15) is 0 Å². The maximum Gasteiger partial charge on any atom is 0.119 e. The summed E-state index contributed by atoms with van der Waals surface area (Å²) in [5.41, 5.74) is 1.16. The van der Waals surface area contributed by atoms with Gasteiger partial charge in [0.25, 0.3) is 0 Å². The SMILES string of the molecule is CCOc1ccc(C[C@@H](O)CC)cc1. The van der Waals surface area contributed by atoms with Gasteiger partial charge in [-0.1, -0.05) is 19.1 Å². The summed E-state index contributed by atoms with van der Waals surface area (Å²) in [6, 6.07) is 7.90. The Kier molecular flexibility index (Phi) is 4.47. The van der Waals surface area contributed by atoms with Gasteiger partial charge in [0, 0.05) is 0 Å². The molecule has 14 heavy (non-hydrogen) atoms. The van der Waals surface area contributed by atoms with Crippen LogP contribution in [0.1, 0.15) is 25.8 Å². The van der Waals surface area contributed by atoms with E-state index in [0.717, 1.165) is 24.2 Å². The van der Waals surface area contributed by atoms with Gasteiger partial charge in [0.15, 0.2) is 0 Å². The van der Waals surface area contributed by atoms with Gasteiger partial charge in [-0.05, 0) is 37.5 Å². The lowest BCUT2D eigenvalue weighted by Crippen LogP contribution is -2.08. The quantitative estimate of drug-likeness (QED) is 0.780. The van der Waals surface area contributed by atoms with Gasteiger partial charge in [0.1, 0.15) is 5.75 Å². The summed E-state index contributed by atoms with van der Waals surface area (Å²) in [5.74, 6) is 0.891. The molecule has 0 aliphatic heterocycles. The molecule has 0 aliphatic rings. The van der Waals surface area contributed by atoms with E-state index >= 15 is 0 Å². The normalized spacial score (nSPS) is 12.5. The van der Waals surface area contributed by atoms with Crippen molar-refractivity contribution in [1.82, 2.24) is 0 Å². The van der Waals surface area contributed by atoms with E-state index in [9.17, 15) is 5.11 Å². The molecule has 0 radical (unpaired) electrons. The van der Waals surface area contributed by atoms with Crippen LogP contribution in [0.15, 0.2) is 24.3 Å². The minimum absolute atomic E-state index is 0.229. The van der Waals surface area contributed by atoms with E-state index in [0.29, 0.717) is 6.61 Å². The highest BCUT2D eigenvalue weighted by Gasteiger charge is 2.02. The molecule has 0 aromatic heterocycles. The molecule has 1 atom stereocenters. The maximum absolute atomic E-state index is 9.45. The molecule has 0 fully saturated rings. The van der Waals surface area contributed by atoms with Crippen molar-refractivity contribution in [3.05, 3.63) is 29.8 Å². The van der Waals surface area contributed by atoms with Crippen molar-refractivity contribution in [3.8, 4) is 5.75 Å². The molecule has 0 unspecified atom stereocenters. The van der Waals surface area contributed by atoms with Crippen LogP contribution >= 0.6 is 0 Å². The fraction of sp³-hybridized carbons (Fsp3) is 0.500. The summed E-state index contributed by atoms with van der Waals surface area (Å²) in [7, 11) is 0. The van der Waals surface area contributed by atoms with Crippen LogP contribution < -0.4 is 4.74 Å². The van der Waals surface area contributed by atoms with E-state index in [2.05, 4.69) is 0 Å². The van der Waals surface area contributed by atoms with E-state index in [4.69, 9.17) is 4.74 Å².